The van der Waals surface area contributed by atoms with E-state index in [1.165, 1.54) is 0 Å². The molecule has 1 aromatic carbocycles. The summed E-state index contributed by atoms with van der Waals surface area (Å²) in [5, 5.41) is 2.51. The van der Waals surface area contributed by atoms with Gasteiger partial charge in [0.2, 0.25) is 0 Å². The summed E-state index contributed by atoms with van der Waals surface area (Å²) in [5.74, 6) is -0.966. The minimum absolute atomic E-state index is 0.0760. The van der Waals surface area contributed by atoms with E-state index in [1.54, 1.807) is 30.3 Å². The molecule has 0 aromatic heterocycles. The number of carbonyl (C=O) groups excluding carboxylic acids is 1. The maximum atomic E-state index is 12.7. The van der Waals surface area contributed by atoms with Crippen molar-refractivity contribution in [1.82, 2.24) is 5.32 Å². The SMILES string of the molecule is O=C(N[C@@H]1CCC[C@H](C(F)(F)F)C1)Oc1ccccc1. The number of ether oxygens (including phenoxy) is 1. The lowest BCUT2D eigenvalue weighted by molar-refractivity contribution is -0.183. The summed E-state index contributed by atoms with van der Waals surface area (Å²) in [6, 6.07) is 7.94. The van der Waals surface area contributed by atoms with Crippen LogP contribution in [0, 0.1) is 5.92 Å². The number of carbonyl (C=O) groups is 1. The highest BCUT2D eigenvalue weighted by Gasteiger charge is 2.42. The molecule has 2 rings (SSSR count). The molecular weight excluding hydrogens is 271 g/mol. The third-order valence-electron chi connectivity index (χ3n) is 3.41. The van der Waals surface area contributed by atoms with Gasteiger partial charge in [-0.25, -0.2) is 4.79 Å². The molecule has 0 saturated heterocycles. The zero-order valence-electron chi connectivity index (χ0n) is 10.8. The molecule has 1 N–H and O–H groups in total. The topological polar surface area (TPSA) is 38.3 Å². The van der Waals surface area contributed by atoms with Gasteiger partial charge < -0.3 is 10.1 Å². The largest absolute Gasteiger partial charge is 0.412 e. The minimum Gasteiger partial charge on any atom is -0.410 e. The molecule has 0 unspecified atom stereocenters. The summed E-state index contributed by atoms with van der Waals surface area (Å²) in [6.07, 6.45) is -3.83. The Bertz CT molecular complexity index is 447. The first-order valence-electron chi connectivity index (χ1n) is 6.55. The van der Waals surface area contributed by atoms with Gasteiger partial charge in [0, 0.05) is 6.04 Å². The highest BCUT2D eigenvalue weighted by atomic mass is 19.4. The summed E-state index contributed by atoms with van der Waals surface area (Å²) in [7, 11) is 0. The monoisotopic (exact) mass is 287 g/mol. The molecule has 1 aliphatic rings. The van der Waals surface area contributed by atoms with Gasteiger partial charge in [-0.05, 0) is 31.4 Å². The van der Waals surface area contributed by atoms with E-state index in [0.29, 0.717) is 18.6 Å². The van der Waals surface area contributed by atoms with Crippen LogP contribution in [0.4, 0.5) is 18.0 Å². The molecule has 1 amide bonds. The molecule has 1 fully saturated rings. The number of benzene rings is 1. The number of alkyl halides is 3. The smallest absolute Gasteiger partial charge is 0.410 e. The Morgan fingerprint density at radius 1 is 1.20 bits per heavy atom. The molecule has 1 aliphatic carbocycles. The van der Waals surface area contributed by atoms with E-state index in [-0.39, 0.29) is 12.8 Å². The molecule has 1 aromatic rings. The summed E-state index contributed by atoms with van der Waals surface area (Å²) < 4.78 is 43.0. The maximum Gasteiger partial charge on any atom is 0.412 e. The summed E-state index contributed by atoms with van der Waals surface area (Å²) in [5.41, 5.74) is 0. The number of para-hydroxylation sites is 1. The van der Waals surface area contributed by atoms with Crippen molar-refractivity contribution < 1.29 is 22.7 Å². The molecular formula is C14H16F3NO2. The molecule has 0 bridgehead atoms. The van der Waals surface area contributed by atoms with Crippen LogP contribution in [-0.2, 0) is 0 Å². The third kappa shape index (κ3) is 4.15. The first-order chi connectivity index (χ1) is 9.45. The molecule has 0 heterocycles. The second-order valence-electron chi connectivity index (χ2n) is 4.95. The van der Waals surface area contributed by atoms with E-state index in [4.69, 9.17) is 4.74 Å². The second kappa shape index (κ2) is 6.15. The van der Waals surface area contributed by atoms with Crippen LogP contribution in [-0.4, -0.2) is 18.3 Å². The summed E-state index contributed by atoms with van der Waals surface area (Å²) in [6.45, 7) is 0. The van der Waals surface area contributed by atoms with Crippen LogP contribution in [0.1, 0.15) is 25.7 Å². The van der Waals surface area contributed by atoms with Crippen LogP contribution in [0.15, 0.2) is 30.3 Å². The Morgan fingerprint density at radius 2 is 1.90 bits per heavy atom. The van der Waals surface area contributed by atoms with Gasteiger partial charge in [0.1, 0.15) is 5.75 Å². The number of amides is 1. The van der Waals surface area contributed by atoms with Crippen LogP contribution in [0.2, 0.25) is 0 Å². The van der Waals surface area contributed by atoms with Crippen LogP contribution < -0.4 is 10.1 Å². The standard InChI is InChI=1S/C14H16F3NO2/c15-14(16,17)10-5-4-6-11(9-10)18-13(19)20-12-7-2-1-3-8-12/h1-3,7-8,10-11H,4-6,9H2,(H,18,19)/t10-,11+/m0/s1. The predicted molar refractivity (Wildman–Crippen MR) is 67.4 cm³/mol. The zero-order valence-corrected chi connectivity index (χ0v) is 10.8. The van der Waals surface area contributed by atoms with Gasteiger partial charge in [0.05, 0.1) is 5.92 Å². The third-order valence-corrected chi connectivity index (χ3v) is 3.41. The second-order valence-corrected chi connectivity index (χ2v) is 4.95. The van der Waals surface area contributed by atoms with Crippen molar-refractivity contribution in [2.45, 2.75) is 37.9 Å². The average molecular weight is 287 g/mol. The van der Waals surface area contributed by atoms with E-state index >= 15 is 0 Å². The Balaban J connectivity index is 1.85. The number of halogens is 3. The van der Waals surface area contributed by atoms with Gasteiger partial charge in [-0.1, -0.05) is 24.6 Å². The van der Waals surface area contributed by atoms with Gasteiger partial charge in [-0.2, -0.15) is 13.2 Å². The van der Waals surface area contributed by atoms with Crippen molar-refractivity contribution >= 4 is 6.09 Å². The van der Waals surface area contributed by atoms with Crippen LogP contribution in [0.5, 0.6) is 5.75 Å². The normalized spacial score (nSPS) is 23.1. The van der Waals surface area contributed by atoms with Crippen molar-refractivity contribution in [2.75, 3.05) is 0 Å². The Labute approximate surface area is 115 Å². The first kappa shape index (κ1) is 14.7. The van der Waals surface area contributed by atoms with Crippen LogP contribution in [0.3, 0.4) is 0 Å². The van der Waals surface area contributed by atoms with Crippen LogP contribution in [0.25, 0.3) is 0 Å². The van der Waals surface area contributed by atoms with E-state index < -0.39 is 24.2 Å². The fraction of sp³-hybridized carbons (Fsp3) is 0.500. The van der Waals surface area contributed by atoms with Gasteiger partial charge >= 0.3 is 12.3 Å². The van der Waals surface area contributed by atoms with E-state index in [1.807, 2.05) is 0 Å². The molecule has 110 valence electrons. The Morgan fingerprint density at radius 3 is 2.55 bits per heavy atom. The lowest BCUT2D eigenvalue weighted by Crippen LogP contribution is -2.42. The average Bonchev–Trinajstić information content (AvgIpc) is 2.39. The van der Waals surface area contributed by atoms with Gasteiger partial charge in [0.25, 0.3) is 0 Å². The zero-order chi connectivity index (χ0) is 14.6. The molecule has 0 radical (unpaired) electrons. The highest BCUT2D eigenvalue weighted by molar-refractivity contribution is 5.70. The summed E-state index contributed by atoms with van der Waals surface area (Å²) in [4.78, 5) is 11.6. The van der Waals surface area contributed by atoms with Crippen molar-refractivity contribution in [3.8, 4) is 5.75 Å². The van der Waals surface area contributed by atoms with Crippen molar-refractivity contribution in [2.24, 2.45) is 5.92 Å². The molecule has 0 aliphatic heterocycles. The predicted octanol–water partition coefficient (Wildman–Crippen LogP) is 3.90. The van der Waals surface area contributed by atoms with Gasteiger partial charge in [-0.15, -0.1) is 0 Å². The molecule has 2 atom stereocenters. The highest BCUT2D eigenvalue weighted by Crippen LogP contribution is 2.37. The Hall–Kier alpha value is -1.72. The van der Waals surface area contributed by atoms with Crippen molar-refractivity contribution in [3.05, 3.63) is 30.3 Å². The van der Waals surface area contributed by atoms with Crippen LogP contribution >= 0.6 is 0 Å². The fourth-order valence-electron chi connectivity index (χ4n) is 2.41. The quantitative estimate of drug-likeness (QED) is 0.896. The minimum atomic E-state index is -4.19. The van der Waals surface area contributed by atoms with Crippen molar-refractivity contribution in [3.63, 3.8) is 0 Å². The first-order valence-corrected chi connectivity index (χ1v) is 6.55. The lowest BCUT2D eigenvalue weighted by atomic mass is 9.85. The molecule has 3 nitrogen and oxygen atoms in total. The number of rotatable bonds is 2. The molecule has 0 spiro atoms. The van der Waals surface area contributed by atoms with E-state index in [0.717, 1.165) is 0 Å². The molecule has 6 heteroatoms. The van der Waals surface area contributed by atoms with Gasteiger partial charge in [-0.3, -0.25) is 0 Å². The fourth-order valence-corrected chi connectivity index (χ4v) is 2.41. The van der Waals surface area contributed by atoms with E-state index in [9.17, 15) is 18.0 Å². The summed E-state index contributed by atoms with van der Waals surface area (Å²) >= 11 is 0. The number of hydrogen-bond donors (Lipinski definition) is 1. The number of hydrogen-bond acceptors (Lipinski definition) is 2. The van der Waals surface area contributed by atoms with E-state index in [2.05, 4.69) is 5.32 Å². The maximum absolute atomic E-state index is 12.7. The Kier molecular flexibility index (Phi) is 4.52. The van der Waals surface area contributed by atoms with Gasteiger partial charge in [0.15, 0.2) is 0 Å². The lowest BCUT2D eigenvalue weighted by Gasteiger charge is -2.30. The molecule has 20 heavy (non-hydrogen) atoms. The molecule has 1 saturated carbocycles. The van der Waals surface area contributed by atoms with Crippen molar-refractivity contribution in [1.29, 1.82) is 0 Å². The number of nitrogens with one attached hydrogen (secondary N) is 1.